The highest BCUT2D eigenvalue weighted by Gasteiger charge is 2.41. The average Bonchev–Trinajstić information content (AvgIpc) is 2.41. The molecule has 5 nitrogen and oxygen atoms in total. The molecule has 1 heterocycles. The Balaban J connectivity index is 1.98. The minimum Gasteiger partial charge on any atom is -0.493 e. The third-order valence-corrected chi connectivity index (χ3v) is 3.14. The van der Waals surface area contributed by atoms with E-state index in [1.165, 1.54) is 0 Å². The third-order valence-electron chi connectivity index (χ3n) is 3.14. The molecule has 0 atom stereocenters. The Kier molecular flexibility index (Phi) is 4.17. The predicted molar refractivity (Wildman–Crippen MR) is 71.0 cm³/mol. The van der Waals surface area contributed by atoms with E-state index in [4.69, 9.17) is 14.2 Å². The lowest BCUT2D eigenvalue weighted by Crippen LogP contribution is -2.51. The Bertz CT molecular complexity index is 409. The second-order valence-electron chi connectivity index (χ2n) is 5.37. The van der Waals surface area contributed by atoms with Gasteiger partial charge in [0.05, 0.1) is 25.2 Å². The molecule has 0 N–H and O–H groups in total. The maximum absolute atomic E-state index is 10.6. The van der Waals surface area contributed by atoms with Crippen LogP contribution in [0, 0.1) is 10.3 Å². The maximum atomic E-state index is 10.6. The standard InChI is InChI=1S/C14H19NO4/c1-13(2)18-10-14(8-15-16,11-19-13)9-17-12-6-4-3-5-7-12/h3-7H,8-11H2,1-2H3. The van der Waals surface area contributed by atoms with E-state index in [0.717, 1.165) is 5.75 Å². The van der Waals surface area contributed by atoms with Gasteiger partial charge in [-0.3, -0.25) is 0 Å². The van der Waals surface area contributed by atoms with Gasteiger partial charge in [0.1, 0.15) is 12.4 Å². The number of hydrogen-bond donors (Lipinski definition) is 0. The normalized spacial score (nSPS) is 20.7. The van der Waals surface area contributed by atoms with Gasteiger partial charge in [-0.2, -0.15) is 4.91 Å². The molecule has 2 rings (SSSR count). The topological polar surface area (TPSA) is 57.1 Å². The number of nitrogens with zero attached hydrogens (tertiary/aromatic N) is 1. The molecule has 1 aromatic rings. The summed E-state index contributed by atoms with van der Waals surface area (Å²) in [7, 11) is 0. The quantitative estimate of drug-likeness (QED) is 0.768. The lowest BCUT2D eigenvalue weighted by Gasteiger charge is -2.41. The van der Waals surface area contributed by atoms with Crippen molar-refractivity contribution >= 4 is 0 Å². The van der Waals surface area contributed by atoms with Crippen molar-refractivity contribution < 1.29 is 14.2 Å². The Hall–Kier alpha value is -1.46. The van der Waals surface area contributed by atoms with Crippen LogP contribution in [0.15, 0.2) is 35.5 Å². The predicted octanol–water partition coefficient (Wildman–Crippen LogP) is 2.60. The van der Waals surface area contributed by atoms with Gasteiger partial charge >= 0.3 is 0 Å². The fraction of sp³-hybridized carbons (Fsp3) is 0.571. The van der Waals surface area contributed by atoms with Gasteiger partial charge in [-0.25, -0.2) is 0 Å². The van der Waals surface area contributed by atoms with Crippen LogP contribution in [0.25, 0.3) is 0 Å². The largest absolute Gasteiger partial charge is 0.493 e. The van der Waals surface area contributed by atoms with Crippen LogP contribution >= 0.6 is 0 Å². The van der Waals surface area contributed by atoms with Crippen LogP contribution in [0.1, 0.15) is 13.8 Å². The first-order valence-electron chi connectivity index (χ1n) is 6.30. The molecule has 0 unspecified atom stereocenters. The first-order valence-corrected chi connectivity index (χ1v) is 6.30. The summed E-state index contributed by atoms with van der Waals surface area (Å²) in [6.07, 6.45) is 0. The van der Waals surface area contributed by atoms with Crippen molar-refractivity contribution in [2.45, 2.75) is 19.6 Å². The van der Waals surface area contributed by atoms with Gasteiger partial charge in [0, 0.05) is 0 Å². The molecular formula is C14H19NO4. The number of para-hydroxylation sites is 1. The Morgan fingerprint density at radius 2 is 1.84 bits per heavy atom. The number of rotatable bonds is 5. The van der Waals surface area contributed by atoms with Crippen molar-refractivity contribution in [3.63, 3.8) is 0 Å². The fourth-order valence-corrected chi connectivity index (χ4v) is 1.85. The number of ether oxygens (including phenoxy) is 3. The molecule has 0 aromatic heterocycles. The Morgan fingerprint density at radius 3 is 2.42 bits per heavy atom. The van der Waals surface area contributed by atoms with Crippen molar-refractivity contribution in [3.05, 3.63) is 35.2 Å². The number of benzene rings is 1. The maximum Gasteiger partial charge on any atom is 0.162 e. The Morgan fingerprint density at radius 1 is 1.21 bits per heavy atom. The smallest absolute Gasteiger partial charge is 0.162 e. The van der Waals surface area contributed by atoms with Crippen LogP contribution in [0.4, 0.5) is 0 Å². The summed E-state index contributed by atoms with van der Waals surface area (Å²) < 4.78 is 17.0. The summed E-state index contributed by atoms with van der Waals surface area (Å²) in [5, 5.41) is 3.00. The van der Waals surface area contributed by atoms with E-state index in [2.05, 4.69) is 5.18 Å². The molecule has 5 heteroatoms. The van der Waals surface area contributed by atoms with Crippen LogP contribution in [0.3, 0.4) is 0 Å². The average molecular weight is 265 g/mol. The van der Waals surface area contributed by atoms with Crippen LogP contribution in [0.5, 0.6) is 5.75 Å². The second-order valence-corrected chi connectivity index (χ2v) is 5.37. The van der Waals surface area contributed by atoms with Crippen LogP contribution in [-0.4, -0.2) is 32.2 Å². The zero-order valence-corrected chi connectivity index (χ0v) is 11.3. The van der Waals surface area contributed by atoms with Gasteiger partial charge in [0.15, 0.2) is 5.79 Å². The van der Waals surface area contributed by atoms with Crippen LogP contribution in [0.2, 0.25) is 0 Å². The minimum atomic E-state index is -0.612. The SMILES string of the molecule is CC1(C)OCC(CN=O)(COc2ccccc2)CO1. The van der Waals surface area contributed by atoms with Crippen molar-refractivity contribution in [3.8, 4) is 5.75 Å². The van der Waals surface area contributed by atoms with Gasteiger partial charge in [-0.15, -0.1) is 0 Å². The molecule has 1 aliphatic heterocycles. The molecule has 0 spiro atoms. The van der Waals surface area contributed by atoms with Crippen molar-refractivity contribution in [2.24, 2.45) is 10.6 Å². The summed E-state index contributed by atoms with van der Waals surface area (Å²) in [5.41, 5.74) is -0.507. The summed E-state index contributed by atoms with van der Waals surface area (Å²) in [6, 6.07) is 9.46. The molecule has 1 aromatic carbocycles. The molecule has 0 radical (unpaired) electrons. The van der Waals surface area contributed by atoms with Crippen molar-refractivity contribution in [2.75, 3.05) is 26.4 Å². The zero-order valence-electron chi connectivity index (χ0n) is 11.3. The van der Waals surface area contributed by atoms with E-state index < -0.39 is 11.2 Å². The van der Waals surface area contributed by atoms with E-state index >= 15 is 0 Å². The summed E-state index contributed by atoms with van der Waals surface area (Å²) >= 11 is 0. The molecule has 1 saturated heterocycles. The first kappa shape index (κ1) is 14.0. The van der Waals surface area contributed by atoms with Gasteiger partial charge in [-0.1, -0.05) is 23.4 Å². The second kappa shape index (κ2) is 5.67. The molecular weight excluding hydrogens is 246 g/mol. The van der Waals surface area contributed by atoms with E-state index in [1.54, 1.807) is 0 Å². The molecule has 0 amide bonds. The zero-order chi connectivity index (χ0) is 13.8. The molecule has 19 heavy (non-hydrogen) atoms. The molecule has 1 aliphatic rings. The summed E-state index contributed by atoms with van der Waals surface area (Å²) in [4.78, 5) is 10.6. The fourth-order valence-electron chi connectivity index (χ4n) is 1.85. The lowest BCUT2D eigenvalue weighted by atomic mass is 9.90. The van der Waals surface area contributed by atoms with Gasteiger partial charge in [-0.05, 0) is 26.0 Å². The first-order chi connectivity index (χ1) is 9.05. The molecule has 104 valence electrons. The molecule has 0 saturated carbocycles. The van der Waals surface area contributed by atoms with Crippen LogP contribution in [-0.2, 0) is 9.47 Å². The molecule has 1 fully saturated rings. The highest BCUT2D eigenvalue weighted by molar-refractivity contribution is 5.21. The van der Waals surface area contributed by atoms with E-state index in [0.29, 0.717) is 19.8 Å². The van der Waals surface area contributed by atoms with Crippen LogP contribution < -0.4 is 4.74 Å². The van der Waals surface area contributed by atoms with E-state index in [-0.39, 0.29) is 6.54 Å². The monoisotopic (exact) mass is 265 g/mol. The van der Waals surface area contributed by atoms with Gasteiger partial charge in [0.25, 0.3) is 0 Å². The van der Waals surface area contributed by atoms with E-state index in [1.807, 2.05) is 44.2 Å². The Labute approximate surface area is 112 Å². The number of nitroso groups, excluding NO2 is 1. The lowest BCUT2D eigenvalue weighted by molar-refractivity contribution is -0.286. The summed E-state index contributed by atoms with van der Waals surface area (Å²) in [6.45, 7) is 4.97. The highest BCUT2D eigenvalue weighted by atomic mass is 16.7. The minimum absolute atomic E-state index is 0.121. The summed E-state index contributed by atoms with van der Waals surface area (Å²) in [5.74, 6) is 0.150. The number of hydrogen-bond acceptors (Lipinski definition) is 5. The van der Waals surface area contributed by atoms with E-state index in [9.17, 15) is 4.91 Å². The van der Waals surface area contributed by atoms with Crippen molar-refractivity contribution in [1.29, 1.82) is 0 Å². The van der Waals surface area contributed by atoms with Gasteiger partial charge in [0.2, 0.25) is 0 Å². The van der Waals surface area contributed by atoms with Crippen molar-refractivity contribution in [1.82, 2.24) is 0 Å². The molecule has 0 bridgehead atoms. The third kappa shape index (κ3) is 3.75. The molecule has 0 aliphatic carbocycles. The highest BCUT2D eigenvalue weighted by Crippen LogP contribution is 2.31. The van der Waals surface area contributed by atoms with Gasteiger partial charge < -0.3 is 14.2 Å².